The molecule has 0 aromatic carbocycles. The predicted molar refractivity (Wildman–Crippen MR) is 77.3 cm³/mol. The molecule has 19 heavy (non-hydrogen) atoms. The first-order chi connectivity index (χ1) is 9.01. The molecule has 2 aromatic heterocycles. The first-order valence-corrected chi connectivity index (χ1v) is 6.34. The van der Waals surface area contributed by atoms with Gasteiger partial charge in [0.05, 0.1) is 22.3 Å². The second-order valence-electron chi connectivity index (χ2n) is 4.11. The number of nitrogens with two attached hydrogens (primary N) is 1. The third-order valence-electron chi connectivity index (χ3n) is 2.64. The minimum absolute atomic E-state index is 0.00509. The normalized spacial score (nSPS) is 12.3. The summed E-state index contributed by atoms with van der Waals surface area (Å²) >= 11 is 12.0. The summed E-state index contributed by atoms with van der Waals surface area (Å²) in [6.07, 6.45) is 3.70. The molecule has 0 aliphatic rings. The Morgan fingerprint density at radius 1 is 1.32 bits per heavy atom. The fourth-order valence-corrected chi connectivity index (χ4v) is 2.09. The van der Waals surface area contributed by atoms with Crippen LogP contribution in [0.2, 0.25) is 10.0 Å². The SMILES string of the molecule is CC(Nc1nc(NN)c(Cl)cc1Cl)c1cnn(C)c1. The van der Waals surface area contributed by atoms with E-state index in [0.717, 1.165) is 5.56 Å². The van der Waals surface area contributed by atoms with Crippen molar-refractivity contribution in [1.29, 1.82) is 0 Å². The summed E-state index contributed by atoms with van der Waals surface area (Å²) in [6.45, 7) is 1.99. The maximum Gasteiger partial charge on any atom is 0.161 e. The van der Waals surface area contributed by atoms with Gasteiger partial charge in [0, 0.05) is 18.8 Å². The maximum absolute atomic E-state index is 6.10. The predicted octanol–water partition coefficient (Wildman–Crippen LogP) is 2.58. The fraction of sp³-hybridized carbons (Fsp3) is 0.273. The van der Waals surface area contributed by atoms with Crippen LogP contribution in [0.5, 0.6) is 0 Å². The number of halogens is 2. The third-order valence-corrected chi connectivity index (χ3v) is 3.22. The molecule has 2 heterocycles. The van der Waals surface area contributed by atoms with Gasteiger partial charge < -0.3 is 10.7 Å². The molecule has 0 aliphatic heterocycles. The smallest absolute Gasteiger partial charge is 0.161 e. The number of hydrogen-bond acceptors (Lipinski definition) is 5. The van der Waals surface area contributed by atoms with Crippen LogP contribution < -0.4 is 16.6 Å². The lowest BCUT2D eigenvalue weighted by Gasteiger charge is -2.15. The molecular weight excluding hydrogens is 287 g/mol. The number of rotatable bonds is 4. The van der Waals surface area contributed by atoms with E-state index >= 15 is 0 Å². The van der Waals surface area contributed by atoms with Gasteiger partial charge in [-0.3, -0.25) is 4.68 Å². The highest BCUT2D eigenvalue weighted by Gasteiger charge is 2.13. The molecule has 0 fully saturated rings. The number of aromatic nitrogens is 3. The molecular formula is C11H14Cl2N6. The second-order valence-corrected chi connectivity index (χ2v) is 4.92. The van der Waals surface area contributed by atoms with Crippen molar-refractivity contribution in [3.05, 3.63) is 34.1 Å². The highest BCUT2D eigenvalue weighted by Crippen LogP contribution is 2.30. The number of nitrogens with one attached hydrogen (secondary N) is 2. The Kier molecular flexibility index (Phi) is 4.14. The molecule has 0 amide bonds. The zero-order valence-corrected chi connectivity index (χ0v) is 12.0. The minimum atomic E-state index is 0.00509. The number of pyridine rings is 1. The molecule has 6 nitrogen and oxygen atoms in total. The van der Waals surface area contributed by atoms with E-state index in [1.165, 1.54) is 0 Å². The molecule has 1 unspecified atom stereocenters. The van der Waals surface area contributed by atoms with Gasteiger partial charge in [0.25, 0.3) is 0 Å². The van der Waals surface area contributed by atoms with Gasteiger partial charge >= 0.3 is 0 Å². The van der Waals surface area contributed by atoms with E-state index in [1.807, 2.05) is 20.2 Å². The van der Waals surface area contributed by atoms with Crippen LogP contribution in [0.15, 0.2) is 18.5 Å². The summed E-state index contributed by atoms with van der Waals surface area (Å²) in [7, 11) is 1.86. The van der Waals surface area contributed by atoms with Crippen LogP contribution in [0.3, 0.4) is 0 Å². The molecule has 1 atom stereocenters. The lowest BCUT2D eigenvalue weighted by Crippen LogP contribution is -2.12. The molecule has 4 N–H and O–H groups in total. The molecule has 0 saturated carbocycles. The van der Waals surface area contributed by atoms with Crippen molar-refractivity contribution in [2.75, 3.05) is 10.7 Å². The first kappa shape index (κ1) is 13.9. The van der Waals surface area contributed by atoms with Crippen molar-refractivity contribution in [3.63, 3.8) is 0 Å². The van der Waals surface area contributed by atoms with E-state index in [4.69, 9.17) is 29.0 Å². The van der Waals surface area contributed by atoms with E-state index in [9.17, 15) is 0 Å². The molecule has 0 radical (unpaired) electrons. The Morgan fingerprint density at radius 2 is 2.00 bits per heavy atom. The summed E-state index contributed by atoms with van der Waals surface area (Å²) < 4.78 is 1.73. The van der Waals surface area contributed by atoms with Crippen molar-refractivity contribution in [3.8, 4) is 0 Å². The number of hydrazine groups is 1. The van der Waals surface area contributed by atoms with Crippen LogP contribution in [0.4, 0.5) is 11.6 Å². The van der Waals surface area contributed by atoms with E-state index in [2.05, 4.69) is 20.8 Å². The van der Waals surface area contributed by atoms with E-state index in [0.29, 0.717) is 21.7 Å². The average molecular weight is 301 g/mol. The monoisotopic (exact) mass is 300 g/mol. The fourth-order valence-electron chi connectivity index (χ4n) is 1.62. The van der Waals surface area contributed by atoms with Crippen molar-refractivity contribution in [1.82, 2.24) is 14.8 Å². The highest BCUT2D eigenvalue weighted by atomic mass is 35.5. The Bertz CT molecular complexity index is 583. The van der Waals surface area contributed by atoms with Crippen LogP contribution >= 0.6 is 23.2 Å². The summed E-state index contributed by atoms with van der Waals surface area (Å²) in [6, 6.07) is 1.59. The Morgan fingerprint density at radius 3 is 2.58 bits per heavy atom. The molecule has 0 spiro atoms. The molecule has 102 valence electrons. The maximum atomic E-state index is 6.10. The standard InChI is InChI=1S/C11H14Cl2N6/c1-6(7-4-15-19(2)5-7)16-10-8(12)3-9(13)11(17-10)18-14/h3-6H,14H2,1-2H3,(H2,16,17,18). The van der Waals surface area contributed by atoms with Crippen molar-refractivity contribution < 1.29 is 0 Å². The molecule has 0 aliphatic carbocycles. The average Bonchev–Trinajstić information content (AvgIpc) is 2.79. The van der Waals surface area contributed by atoms with Gasteiger partial charge in [0.2, 0.25) is 0 Å². The highest BCUT2D eigenvalue weighted by molar-refractivity contribution is 6.37. The van der Waals surface area contributed by atoms with Gasteiger partial charge in [-0.25, -0.2) is 10.8 Å². The minimum Gasteiger partial charge on any atom is -0.362 e. The van der Waals surface area contributed by atoms with Gasteiger partial charge in [-0.2, -0.15) is 5.10 Å². The Balaban J connectivity index is 2.23. The lowest BCUT2D eigenvalue weighted by molar-refractivity contribution is 0.765. The quantitative estimate of drug-likeness (QED) is 0.597. The van der Waals surface area contributed by atoms with Crippen LogP contribution in [-0.2, 0) is 7.05 Å². The second kappa shape index (κ2) is 5.64. The number of nitrogens with zero attached hydrogens (tertiary/aromatic N) is 3. The van der Waals surface area contributed by atoms with Crippen LogP contribution in [0.1, 0.15) is 18.5 Å². The number of anilines is 2. The van der Waals surface area contributed by atoms with Crippen molar-refractivity contribution >= 4 is 34.8 Å². The number of aryl methyl sites for hydroxylation is 1. The van der Waals surface area contributed by atoms with Gasteiger partial charge in [-0.15, -0.1) is 0 Å². The molecule has 0 saturated heterocycles. The van der Waals surface area contributed by atoms with Gasteiger partial charge in [0.15, 0.2) is 5.82 Å². The largest absolute Gasteiger partial charge is 0.362 e. The molecule has 2 aromatic rings. The molecule has 0 bridgehead atoms. The summed E-state index contributed by atoms with van der Waals surface area (Å²) in [5.41, 5.74) is 3.45. The zero-order chi connectivity index (χ0) is 14.0. The van der Waals surface area contributed by atoms with Crippen molar-refractivity contribution in [2.45, 2.75) is 13.0 Å². The van der Waals surface area contributed by atoms with Crippen molar-refractivity contribution in [2.24, 2.45) is 12.9 Å². The van der Waals surface area contributed by atoms with Gasteiger partial charge in [-0.1, -0.05) is 23.2 Å². The topological polar surface area (TPSA) is 80.8 Å². The van der Waals surface area contributed by atoms with Crippen LogP contribution in [-0.4, -0.2) is 14.8 Å². The van der Waals surface area contributed by atoms with Gasteiger partial charge in [0.1, 0.15) is 5.82 Å². The summed E-state index contributed by atoms with van der Waals surface area (Å²) in [4.78, 5) is 4.22. The Hall–Kier alpha value is -1.50. The van der Waals surface area contributed by atoms with Gasteiger partial charge in [-0.05, 0) is 13.0 Å². The van der Waals surface area contributed by atoms with E-state index in [1.54, 1.807) is 16.9 Å². The van der Waals surface area contributed by atoms with E-state index < -0.39 is 0 Å². The number of hydrogen-bond donors (Lipinski definition) is 3. The summed E-state index contributed by atoms with van der Waals surface area (Å²) in [5.74, 6) is 6.21. The summed E-state index contributed by atoms with van der Waals surface area (Å²) in [5, 5.41) is 8.11. The number of nitrogen functional groups attached to an aromatic ring is 1. The zero-order valence-electron chi connectivity index (χ0n) is 10.5. The lowest BCUT2D eigenvalue weighted by atomic mass is 10.2. The van der Waals surface area contributed by atoms with E-state index in [-0.39, 0.29) is 6.04 Å². The Labute approximate surface area is 120 Å². The van der Waals surface area contributed by atoms with Crippen LogP contribution in [0.25, 0.3) is 0 Å². The molecule has 8 heteroatoms. The third kappa shape index (κ3) is 3.09. The molecule has 2 rings (SSSR count). The van der Waals surface area contributed by atoms with Crippen LogP contribution in [0, 0.1) is 0 Å². The first-order valence-electron chi connectivity index (χ1n) is 5.59.